The highest BCUT2D eigenvalue weighted by atomic mass is 19.1. The number of aromatic hydroxyl groups is 1. The summed E-state index contributed by atoms with van der Waals surface area (Å²) >= 11 is 0. The van der Waals surface area contributed by atoms with Gasteiger partial charge in [-0.1, -0.05) is 0 Å². The van der Waals surface area contributed by atoms with Gasteiger partial charge in [0.1, 0.15) is 11.5 Å². The van der Waals surface area contributed by atoms with Crippen LogP contribution < -0.4 is 5.56 Å². The fourth-order valence-corrected chi connectivity index (χ4v) is 2.31. The van der Waals surface area contributed by atoms with E-state index in [-0.39, 0.29) is 17.5 Å². The number of benzene rings is 1. The van der Waals surface area contributed by atoms with Gasteiger partial charge < -0.3 is 5.11 Å². The van der Waals surface area contributed by atoms with E-state index in [1.807, 2.05) is 0 Å². The monoisotopic (exact) mass is 312 g/mol. The third-order valence-electron chi connectivity index (χ3n) is 3.33. The molecule has 3 heterocycles. The second kappa shape index (κ2) is 4.57. The molecule has 0 saturated heterocycles. The first-order valence-corrected chi connectivity index (χ1v) is 6.64. The van der Waals surface area contributed by atoms with Gasteiger partial charge in [0.05, 0.1) is 22.8 Å². The molecule has 4 aromatic rings. The van der Waals surface area contributed by atoms with Crippen LogP contribution in [0.1, 0.15) is 5.69 Å². The van der Waals surface area contributed by atoms with Gasteiger partial charge in [0.25, 0.3) is 5.56 Å². The third kappa shape index (κ3) is 2.09. The van der Waals surface area contributed by atoms with E-state index in [9.17, 15) is 14.3 Å². The summed E-state index contributed by atoms with van der Waals surface area (Å²) < 4.78 is 14.4. The molecule has 1 aromatic carbocycles. The van der Waals surface area contributed by atoms with Gasteiger partial charge in [-0.3, -0.25) is 9.78 Å². The van der Waals surface area contributed by atoms with Crippen molar-refractivity contribution in [3.63, 3.8) is 0 Å². The average Bonchev–Trinajstić information content (AvgIpc) is 2.91. The van der Waals surface area contributed by atoms with Gasteiger partial charge in [0, 0.05) is 6.07 Å². The molecule has 0 spiro atoms. The number of hydrogen-bond donors (Lipinski definition) is 2. The Bertz CT molecular complexity index is 1130. The molecule has 0 saturated carbocycles. The predicted octanol–water partition coefficient (Wildman–Crippen LogP) is 1.18. The number of fused-ring (bicyclic) bond motifs is 2. The standard InChI is InChI=1S/C14H9FN6O2/c1-6-12(17-9-4-7(15)2-3-8(9)16-6)13-19-14-18-10(22)5-11(23)21(14)20-13/h2-5,23H,1H3,(H,18,19,20,22). The van der Waals surface area contributed by atoms with E-state index < -0.39 is 11.4 Å². The first-order chi connectivity index (χ1) is 11.0. The van der Waals surface area contributed by atoms with E-state index in [0.717, 1.165) is 10.6 Å². The Morgan fingerprint density at radius 2 is 2.00 bits per heavy atom. The van der Waals surface area contributed by atoms with Crippen LogP contribution in [0.4, 0.5) is 4.39 Å². The molecule has 0 fully saturated rings. The molecule has 8 nitrogen and oxygen atoms in total. The number of aromatic amines is 1. The summed E-state index contributed by atoms with van der Waals surface area (Å²) in [4.78, 5) is 26.6. The molecule has 9 heteroatoms. The molecule has 0 atom stereocenters. The summed E-state index contributed by atoms with van der Waals surface area (Å²) in [6, 6.07) is 5.09. The molecule has 0 radical (unpaired) electrons. The van der Waals surface area contributed by atoms with E-state index in [1.54, 1.807) is 6.92 Å². The van der Waals surface area contributed by atoms with Crippen LogP contribution >= 0.6 is 0 Å². The van der Waals surface area contributed by atoms with Gasteiger partial charge in [-0.15, -0.1) is 5.10 Å². The van der Waals surface area contributed by atoms with E-state index in [0.29, 0.717) is 22.4 Å². The average molecular weight is 312 g/mol. The summed E-state index contributed by atoms with van der Waals surface area (Å²) in [5.41, 5.74) is 1.29. The van der Waals surface area contributed by atoms with E-state index in [1.165, 1.54) is 18.2 Å². The molecule has 114 valence electrons. The van der Waals surface area contributed by atoms with Gasteiger partial charge in [-0.25, -0.2) is 14.4 Å². The van der Waals surface area contributed by atoms with Crippen molar-refractivity contribution in [1.29, 1.82) is 0 Å². The lowest BCUT2D eigenvalue weighted by Gasteiger charge is -2.03. The molecule has 0 aliphatic heterocycles. The second-order valence-electron chi connectivity index (χ2n) is 4.95. The second-order valence-corrected chi connectivity index (χ2v) is 4.95. The van der Waals surface area contributed by atoms with Gasteiger partial charge in [0.15, 0.2) is 0 Å². The molecular weight excluding hydrogens is 303 g/mol. The fourth-order valence-electron chi connectivity index (χ4n) is 2.31. The minimum Gasteiger partial charge on any atom is -0.493 e. The van der Waals surface area contributed by atoms with Crippen LogP contribution in [-0.4, -0.2) is 34.7 Å². The first kappa shape index (κ1) is 13.3. The molecule has 2 N–H and O–H groups in total. The van der Waals surface area contributed by atoms with E-state index in [4.69, 9.17) is 0 Å². The minimum atomic E-state index is -0.502. The van der Waals surface area contributed by atoms with Gasteiger partial charge >= 0.3 is 0 Å². The highest BCUT2D eigenvalue weighted by Crippen LogP contribution is 2.21. The van der Waals surface area contributed by atoms with Crippen LogP contribution in [0.5, 0.6) is 5.88 Å². The fraction of sp³-hybridized carbons (Fsp3) is 0.0714. The van der Waals surface area contributed by atoms with Gasteiger partial charge in [-0.2, -0.15) is 9.50 Å². The molecule has 0 aliphatic rings. The lowest BCUT2D eigenvalue weighted by atomic mass is 10.2. The van der Waals surface area contributed by atoms with Crippen LogP contribution in [0, 0.1) is 12.7 Å². The SMILES string of the molecule is Cc1nc2ccc(F)cc2nc1-c1nc2[nH]c(=O)cc(O)n2n1. The van der Waals surface area contributed by atoms with Crippen molar-refractivity contribution < 1.29 is 9.50 Å². The molecule has 4 rings (SSSR count). The normalized spacial score (nSPS) is 11.4. The summed E-state index contributed by atoms with van der Waals surface area (Å²) in [6.45, 7) is 1.72. The Hall–Kier alpha value is -3.36. The topological polar surface area (TPSA) is 109 Å². The zero-order chi connectivity index (χ0) is 16.1. The van der Waals surface area contributed by atoms with Crippen molar-refractivity contribution in [2.24, 2.45) is 0 Å². The predicted molar refractivity (Wildman–Crippen MR) is 78.5 cm³/mol. The van der Waals surface area contributed by atoms with Crippen LogP contribution in [0.15, 0.2) is 29.1 Å². The molecule has 3 aromatic heterocycles. The zero-order valence-corrected chi connectivity index (χ0v) is 11.8. The molecule has 23 heavy (non-hydrogen) atoms. The molecule has 0 unspecified atom stereocenters. The minimum absolute atomic E-state index is 0.0746. The number of aryl methyl sites for hydroxylation is 1. The quantitative estimate of drug-likeness (QED) is 0.546. The summed E-state index contributed by atoms with van der Waals surface area (Å²) in [7, 11) is 0. The van der Waals surface area contributed by atoms with Crippen LogP contribution in [0.25, 0.3) is 28.3 Å². The number of rotatable bonds is 1. The maximum Gasteiger partial charge on any atom is 0.256 e. The first-order valence-electron chi connectivity index (χ1n) is 6.64. The highest BCUT2D eigenvalue weighted by Gasteiger charge is 2.15. The van der Waals surface area contributed by atoms with Crippen molar-refractivity contribution in [3.05, 3.63) is 46.1 Å². The lowest BCUT2D eigenvalue weighted by molar-refractivity contribution is 0.434. The highest BCUT2D eigenvalue weighted by molar-refractivity contribution is 5.77. The number of aromatic nitrogens is 6. The maximum absolute atomic E-state index is 13.4. The Morgan fingerprint density at radius 1 is 1.17 bits per heavy atom. The molecule has 0 amide bonds. The number of nitrogens with zero attached hydrogens (tertiary/aromatic N) is 5. The molecule has 0 bridgehead atoms. The number of hydrogen-bond acceptors (Lipinski definition) is 6. The van der Waals surface area contributed by atoms with Crippen LogP contribution in [0.3, 0.4) is 0 Å². The smallest absolute Gasteiger partial charge is 0.256 e. The number of nitrogens with one attached hydrogen (secondary N) is 1. The van der Waals surface area contributed by atoms with Crippen LogP contribution in [-0.2, 0) is 0 Å². The third-order valence-corrected chi connectivity index (χ3v) is 3.33. The van der Waals surface area contributed by atoms with Crippen molar-refractivity contribution in [1.82, 2.24) is 29.5 Å². The summed E-state index contributed by atoms with van der Waals surface area (Å²) in [5, 5.41) is 13.8. The van der Waals surface area contributed by atoms with Gasteiger partial charge in [-0.05, 0) is 19.1 Å². The van der Waals surface area contributed by atoms with Crippen molar-refractivity contribution in [2.75, 3.05) is 0 Å². The Kier molecular flexibility index (Phi) is 2.64. The molecule has 0 aliphatic carbocycles. The Morgan fingerprint density at radius 3 is 2.83 bits per heavy atom. The summed E-state index contributed by atoms with van der Waals surface area (Å²) in [5.74, 6) is -0.532. The number of H-pyrrole nitrogens is 1. The van der Waals surface area contributed by atoms with Gasteiger partial charge in [0.2, 0.25) is 17.5 Å². The van der Waals surface area contributed by atoms with Crippen molar-refractivity contribution in [2.45, 2.75) is 6.92 Å². The Labute approximate surface area is 127 Å². The van der Waals surface area contributed by atoms with Crippen LogP contribution in [0.2, 0.25) is 0 Å². The van der Waals surface area contributed by atoms with E-state index >= 15 is 0 Å². The largest absolute Gasteiger partial charge is 0.493 e. The van der Waals surface area contributed by atoms with Crippen molar-refractivity contribution in [3.8, 4) is 17.4 Å². The number of halogens is 1. The van der Waals surface area contributed by atoms with Crippen molar-refractivity contribution >= 4 is 16.8 Å². The van der Waals surface area contributed by atoms with E-state index in [2.05, 4.69) is 25.0 Å². The maximum atomic E-state index is 13.4. The Balaban J connectivity index is 1.99. The lowest BCUT2D eigenvalue weighted by Crippen LogP contribution is -2.07. The molecular formula is C14H9FN6O2. The summed E-state index contributed by atoms with van der Waals surface area (Å²) in [6.07, 6.45) is 0. The zero-order valence-electron chi connectivity index (χ0n) is 11.8.